The fourth-order valence-corrected chi connectivity index (χ4v) is 4.49. The van der Waals surface area contributed by atoms with E-state index in [4.69, 9.17) is 16.4 Å². The number of halogens is 1. The van der Waals surface area contributed by atoms with E-state index in [-0.39, 0.29) is 16.4 Å². The van der Waals surface area contributed by atoms with Gasteiger partial charge < -0.3 is 0 Å². The Morgan fingerprint density at radius 1 is 1.00 bits per heavy atom. The van der Waals surface area contributed by atoms with Crippen LogP contribution < -0.4 is 4.89 Å². The zero-order valence-corrected chi connectivity index (χ0v) is 14.5. The minimum absolute atomic E-state index is 0.0547. The summed E-state index contributed by atoms with van der Waals surface area (Å²) < 4.78 is 47.8. The van der Waals surface area contributed by atoms with Gasteiger partial charge in [0.15, 0.2) is 9.84 Å². The summed E-state index contributed by atoms with van der Waals surface area (Å²) in [5.74, 6) is 0. The van der Waals surface area contributed by atoms with Crippen molar-refractivity contribution in [3.63, 3.8) is 0 Å². The monoisotopic (exact) mass is 375 g/mol. The Balaban J connectivity index is 2.17. The van der Waals surface area contributed by atoms with Crippen molar-refractivity contribution < 1.29 is 21.7 Å². The predicted molar refractivity (Wildman–Crippen MR) is 86.1 cm³/mol. The molecule has 0 amide bonds. The average molecular weight is 376 g/mol. The van der Waals surface area contributed by atoms with E-state index in [2.05, 4.69) is 0 Å². The van der Waals surface area contributed by atoms with Gasteiger partial charge in [0, 0.05) is 11.3 Å². The van der Waals surface area contributed by atoms with E-state index >= 15 is 0 Å². The largest absolute Gasteiger partial charge is 0.282 e. The third-order valence-electron chi connectivity index (χ3n) is 2.83. The van der Waals surface area contributed by atoms with Gasteiger partial charge in [-0.15, -0.1) is 0 Å². The molecule has 0 aliphatic heterocycles. The van der Waals surface area contributed by atoms with Crippen LogP contribution in [0.25, 0.3) is 0 Å². The first-order valence-corrected chi connectivity index (χ1v) is 10.1. The van der Waals surface area contributed by atoms with Gasteiger partial charge in [-0.1, -0.05) is 40.8 Å². The molecule has 0 unspecified atom stereocenters. The molecule has 124 valence electrons. The summed E-state index contributed by atoms with van der Waals surface area (Å²) in [5, 5.41) is 0.497. The lowest BCUT2D eigenvalue weighted by atomic mass is 10.2. The van der Waals surface area contributed by atoms with Crippen LogP contribution in [0, 0.1) is 0 Å². The molecule has 23 heavy (non-hydrogen) atoms. The Kier molecular flexibility index (Phi) is 5.43. The Morgan fingerprint density at radius 3 is 2.26 bits per heavy atom. The summed E-state index contributed by atoms with van der Waals surface area (Å²) in [4.78, 5) is 6.23. The minimum Gasteiger partial charge on any atom is -0.282 e. The maximum Gasteiger partial charge on any atom is 0.263 e. The van der Waals surface area contributed by atoms with Crippen LogP contribution in [0.15, 0.2) is 58.3 Å². The Bertz CT molecular complexity index is 910. The van der Waals surface area contributed by atoms with Crippen LogP contribution in [0.4, 0.5) is 0 Å². The molecular formula is C14H14ClNO5S2. The fraction of sp³-hybridized carbons (Fsp3) is 0.143. The Hall–Kier alpha value is -1.45. The third-order valence-corrected chi connectivity index (χ3v) is 5.63. The van der Waals surface area contributed by atoms with Gasteiger partial charge >= 0.3 is 0 Å². The summed E-state index contributed by atoms with van der Waals surface area (Å²) in [7, 11) is -7.83. The molecule has 0 bridgehead atoms. The molecule has 0 spiro atoms. The van der Waals surface area contributed by atoms with Gasteiger partial charge in [-0.25, -0.2) is 16.8 Å². The molecule has 2 aromatic carbocycles. The highest BCUT2D eigenvalue weighted by atomic mass is 35.5. The van der Waals surface area contributed by atoms with Crippen molar-refractivity contribution in [2.45, 2.75) is 16.4 Å². The number of sulfone groups is 1. The van der Waals surface area contributed by atoms with Gasteiger partial charge in [0.2, 0.25) is 0 Å². The van der Waals surface area contributed by atoms with Crippen LogP contribution in [0.2, 0.25) is 5.02 Å². The van der Waals surface area contributed by atoms with Crippen LogP contribution in [0.1, 0.15) is 5.56 Å². The van der Waals surface area contributed by atoms with Crippen LogP contribution in [-0.4, -0.2) is 23.1 Å². The second-order valence-corrected chi connectivity index (χ2v) is 8.76. The summed E-state index contributed by atoms with van der Waals surface area (Å²) in [6.45, 7) is -0.0547. The molecule has 0 radical (unpaired) electrons. The maximum atomic E-state index is 12.2. The molecule has 6 nitrogen and oxygen atoms in total. The number of nitrogens with one attached hydrogen (secondary N) is 1. The number of hydrogen-bond donors (Lipinski definition) is 1. The molecule has 0 aromatic heterocycles. The summed E-state index contributed by atoms with van der Waals surface area (Å²) in [6.07, 6.45) is 0.939. The Morgan fingerprint density at radius 2 is 1.65 bits per heavy atom. The predicted octanol–water partition coefficient (Wildman–Crippen LogP) is 2.15. The van der Waals surface area contributed by atoms with Gasteiger partial charge in [-0.05, 0) is 29.8 Å². The lowest BCUT2D eigenvalue weighted by molar-refractivity contribution is 0.0794. The zero-order chi connectivity index (χ0) is 17.1. The van der Waals surface area contributed by atoms with E-state index in [0.29, 0.717) is 10.6 Å². The smallest absolute Gasteiger partial charge is 0.263 e. The van der Waals surface area contributed by atoms with Gasteiger partial charge in [0.05, 0.1) is 11.5 Å². The molecular weight excluding hydrogens is 362 g/mol. The lowest BCUT2D eigenvalue weighted by Crippen LogP contribution is -2.25. The quantitative estimate of drug-likeness (QED) is 0.781. The fourth-order valence-electron chi connectivity index (χ4n) is 1.84. The van der Waals surface area contributed by atoms with Crippen LogP contribution in [0.5, 0.6) is 0 Å². The Labute approximate surface area is 140 Å². The van der Waals surface area contributed by atoms with Crippen molar-refractivity contribution in [1.82, 2.24) is 4.89 Å². The number of hydrogen-bond acceptors (Lipinski definition) is 5. The molecule has 0 fully saturated rings. The minimum atomic E-state index is -4.14. The second-order valence-electron chi connectivity index (χ2n) is 4.72. The van der Waals surface area contributed by atoms with Gasteiger partial charge in [-0.3, -0.25) is 4.84 Å². The van der Waals surface area contributed by atoms with E-state index in [0.717, 1.165) is 6.26 Å². The first-order chi connectivity index (χ1) is 10.7. The zero-order valence-electron chi connectivity index (χ0n) is 12.1. The number of benzene rings is 2. The molecule has 0 heterocycles. The summed E-state index contributed by atoms with van der Waals surface area (Å²) in [5.41, 5.74) is 0.664. The lowest BCUT2D eigenvalue weighted by Gasteiger charge is -2.10. The molecule has 0 aliphatic rings. The van der Waals surface area contributed by atoms with Crippen LogP contribution in [-0.2, 0) is 31.3 Å². The number of rotatable bonds is 6. The highest BCUT2D eigenvalue weighted by Gasteiger charge is 2.23. The van der Waals surface area contributed by atoms with Crippen molar-refractivity contribution in [2.24, 2.45) is 0 Å². The van der Waals surface area contributed by atoms with Gasteiger partial charge in [-0.2, -0.15) is 0 Å². The topological polar surface area (TPSA) is 89.5 Å². The van der Waals surface area contributed by atoms with E-state index in [1.165, 1.54) is 24.3 Å². The van der Waals surface area contributed by atoms with Crippen molar-refractivity contribution in [2.75, 3.05) is 6.26 Å². The first kappa shape index (κ1) is 17.9. The van der Waals surface area contributed by atoms with Crippen molar-refractivity contribution in [3.05, 3.63) is 59.1 Å². The molecule has 2 aromatic rings. The SMILES string of the molecule is CS(=O)(=O)c1ccccc1S(=O)(=O)NOCc1cccc(Cl)c1. The molecule has 9 heteroatoms. The highest BCUT2D eigenvalue weighted by Crippen LogP contribution is 2.20. The molecule has 2 rings (SSSR count). The molecule has 1 N–H and O–H groups in total. The molecule has 0 atom stereocenters. The molecule has 0 saturated heterocycles. The van der Waals surface area contributed by atoms with Crippen molar-refractivity contribution >= 4 is 31.5 Å². The average Bonchev–Trinajstić information content (AvgIpc) is 2.46. The number of sulfonamides is 1. The highest BCUT2D eigenvalue weighted by molar-refractivity contribution is 7.93. The third kappa shape index (κ3) is 4.76. The van der Waals surface area contributed by atoms with E-state index in [9.17, 15) is 16.8 Å². The van der Waals surface area contributed by atoms with Gasteiger partial charge in [0.25, 0.3) is 10.0 Å². The first-order valence-electron chi connectivity index (χ1n) is 6.37. The van der Waals surface area contributed by atoms with Crippen molar-refractivity contribution in [1.29, 1.82) is 0 Å². The maximum absolute atomic E-state index is 12.2. The second kappa shape index (κ2) is 6.98. The van der Waals surface area contributed by atoms with Gasteiger partial charge in [0.1, 0.15) is 4.90 Å². The summed E-state index contributed by atoms with van der Waals surface area (Å²) in [6, 6.07) is 12.0. The van der Waals surface area contributed by atoms with Crippen LogP contribution in [0.3, 0.4) is 0 Å². The van der Waals surface area contributed by atoms with Crippen LogP contribution >= 0.6 is 11.6 Å². The van der Waals surface area contributed by atoms with Crippen molar-refractivity contribution in [3.8, 4) is 0 Å². The van der Waals surface area contributed by atoms with E-state index in [1.54, 1.807) is 24.3 Å². The molecule has 0 saturated carbocycles. The standard InChI is InChI=1S/C14H14ClNO5S2/c1-22(17,18)13-7-2-3-8-14(13)23(19,20)16-21-10-11-5-4-6-12(15)9-11/h2-9,16H,10H2,1H3. The van der Waals surface area contributed by atoms with E-state index in [1.807, 2.05) is 4.89 Å². The van der Waals surface area contributed by atoms with E-state index < -0.39 is 19.9 Å². The normalized spacial score (nSPS) is 12.3. The summed E-state index contributed by atoms with van der Waals surface area (Å²) >= 11 is 5.82. The molecule has 0 aliphatic carbocycles.